The minimum atomic E-state index is 0.168. The summed E-state index contributed by atoms with van der Waals surface area (Å²) in [7, 11) is 0. The van der Waals surface area contributed by atoms with Crippen molar-refractivity contribution >= 4 is 22.9 Å². The minimum absolute atomic E-state index is 0.168. The van der Waals surface area contributed by atoms with Gasteiger partial charge in [-0.25, -0.2) is 0 Å². The van der Waals surface area contributed by atoms with Gasteiger partial charge in [-0.2, -0.15) is 0 Å². The maximum atomic E-state index is 6.28. The molecule has 0 spiro atoms. The third kappa shape index (κ3) is 5.06. The van der Waals surface area contributed by atoms with Crippen LogP contribution in [0.4, 0.5) is 0 Å². The van der Waals surface area contributed by atoms with Gasteiger partial charge in [0.15, 0.2) is 0 Å². The lowest BCUT2D eigenvalue weighted by Crippen LogP contribution is -2.36. The lowest BCUT2D eigenvalue weighted by molar-refractivity contribution is 0.422. The number of aryl methyl sites for hydroxylation is 2. The summed E-state index contributed by atoms with van der Waals surface area (Å²) in [4.78, 5) is 0. The van der Waals surface area contributed by atoms with Gasteiger partial charge in [-0.1, -0.05) is 35.1 Å². The van der Waals surface area contributed by atoms with Gasteiger partial charge in [0.25, 0.3) is 0 Å². The lowest BCUT2D eigenvalue weighted by Gasteiger charge is -2.20. The molecule has 2 rings (SSSR count). The van der Waals surface area contributed by atoms with Crippen molar-refractivity contribution in [1.29, 1.82) is 0 Å². The van der Waals surface area contributed by atoms with Crippen LogP contribution in [-0.4, -0.2) is 22.3 Å². The first kappa shape index (κ1) is 16.4. The van der Waals surface area contributed by atoms with Crippen molar-refractivity contribution in [3.8, 4) is 10.6 Å². The van der Waals surface area contributed by atoms with E-state index in [0.717, 1.165) is 45.6 Å². The third-order valence-electron chi connectivity index (χ3n) is 3.04. The molecule has 5 heteroatoms. The molecular formula is C16H22ClN3S. The van der Waals surface area contributed by atoms with Crippen LogP contribution in [0.2, 0.25) is 5.02 Å². The van der Waals surface area contributed by atoms with E-state index in [4.69, 9.17) is 11.6 Å². The average molecular weight is 324 g/mol. The van der Waals surface area contributed by atoms with Gasteiger partial charge < -0.3 is 5.32 Å². The first-order valence-electron chi connectivity index (χ1n) is 7.19. The van der Waals surface area contributed by atoms with E-state index in [2.05, 4.69) is 42.4 Å². The van der Waals surface area contributed by atoms with Crippen LogP contribution in [0.25, 0.3) is 10.6 Å². The zero-order valence-corrected chi connectivity index (χ0v) is 14.6. The van der Waals surface area contributed by atoms with Crippen molar-refractivity contribution < 1.29 is 0 Å². The van der Waals surface area contributed by atoms with E-state index in [1.807, 2.05) is 19.1 Å². The smallest absolute Gasteiger partial charge is 0.149 e. The highest BCUT2D eigenvalue weighted by atomic mass is 35.5. The van der Waals surface area contributed by atoms with Gasteiger partial charge in [-0.3, -0.25) is 0 Å². The van der Waals surface area contributed by atoms with E-state index in [9.17, 15) is 0 Å². The maximum absolute atomic E-state index is 6.28. The Labute approximate surface area is 135 Å². The predicted octanol–water partition coefficient (Wildman–Crippen LogP) is 4.49. The molecule has 1 N–H and O–H groups in total. The van der Waals surface area contributed by atoms with Crippen LogP contribution in [0.5, 0.6) is 0 Å². The number of nitrogens with zero attached hydrogens (tertiary/aromatic N) is 2. The Hall–Kier alpha value is -0.970. The molecule has 1 aromatic heterocycles. The van der Waals surface area contributed by atoms with Crippen molar-refractivity contribution in [1.82, 2.24) is 15.5 Å². The second kappa shape index (κ2) is 6.86. The Morgan fingerprint density at radius 3 is 2.67 bits per heavy atom. The molecule has 3 nitrogen and oxygen atoms in total. The average Bonchev–Trinajstić information content (AvgIpc) is 2.82. The Morgan fingerprint density at radius 2 is 2.00 bits per heavy atom. The largest absolute Gasteiger partial charge is 0.312 e. The summed E-state index contributed by atoms with van der Waals surface area (Å²) < 4.78 is 0. The Bertz CT molecular complexity index is 602. The predicted molar refractivity (Wildman–Crippen MR) is 91.2 cm³/mol. The fraction of sp³-hybridized carbons (Fsp3) is 0.500. The molecule has 2 aromatic rings. The number of nitrogens with one attached hydrogen (secondary N) is 1. The first-order chi connectivity index (χ1) is 9.85. The molecule has 21 heavy (non-hydrogen) atoms. The van der Waals surface area contributed by atoms with Crippen molar-refractivity contribution in [3.63, 3.8) is 0 Å². The quantitative estimate of drug-likeness (QED) is 0.824. The number of halogens is 1. The molecule has 0 aliphatic rings. The summed E-state index contributed by atoms with van der Waals surface area (Å²) in [6, 6.07) is 6.03. The van der Waals surface area contributed by atoms with Crippen LogP contribution < -0.4 is 5.32 Å². The van der Waals surface area contributed by atoms with E-state index < -0.39 is 0 Å². The van der Waals surface area contributed by atoms with Crippen LogP contribution in [0, 0.1) is 6.92 Å². The van der Waals surface area contributed by atoms with Gasteiger partial charge in [0.05, 0.1) is 5.02 Å². The Balaban J connectivity index is 1.95. The van der Waals surface area contributed by atoms with Crippen LogP contribution in [-0.2, 0) is 6.42 Å². The number of rotatable bonds is 5. The molecule has 0 radical (unpaired) electrons. The van der Waals surface area contributed by atoms with Crippen molar-refractivity contribution in [2.45, 2.75) is 46.1 Å². The highest BCUT2D eigenvalue weighted by Gasteiger charge is 2.11. The molecule has 0 amide bonds. The van der Waals surface area contributed by atoms with Gasteiger partial charge in [-0.15, -0.1) is 10.2 Å². The monoisotopic (exact) mass is 323 g/mol. The third-order valence-corrected chi connectivity index (χ3v) is 4.37. The molecule has 0 fully saturated rings. The van der Waals surface area contributed by atoms with Gasteiger partial charge in [0.2, 0.25) is 0 Å². The lowest BCUT2D eigenvalue weighted by atomic mass is 10.1. The molecule has 0 atom stereocenters. The highest BCUT2D eigenvalue weighted by molar-refractivity contribution is 7.14. The fourth-order valence-electron chi connectivity index (χ4n) is 1.96. The van der Waals surface area contributed by atoms with Crippen LogP contribution >= 0.6 is 22.9 Å². The summed E-state index contributed by atoms with van der Waals surface area (Å²) in [6.45, 7) is 9.55. The second-order valence-corrected chi connectivity index (χ2v) is 7.73. The van der Waals surface area contributed by atoms with Crippen LogP contribution in [0.15, 0.2) is 18.2 Å². The van der Waals surface area contributed by atoms with Gasteiger partial charge in [0.1, 0.15) is 10.0 Å². The van der Waals surface area contributed by atoms with Crippen molar-refractivity contribution in [2.75, 3.05) is 6.54 Å². The number of hydrogen-bond acceptors (Lipinski definition) is 4. The number of benzene rings is 1. The number of aromatic nitrogens is 2. The SMILES string of the molecule is Cc1ccc(-c2nnc(CCCNC(C)(C)C)s2)c(Cl)c1. The van der Waals surface area contributed by atoms with Crippen molar-refractivity contribution in [3.05, 3.63) is 33.8 Å². The highest BCUT2D eigenvalue weighted by Crippen LogP contribution is 2.31. The Kier molecular flexibility index (Phi) is 5.36. The van der Waals surface area contributed by atoms with Gasteiger partial charge in [0, 0.05) is 17.5 Å². The topological polar surface area (TPSA) is 37.8 Å². The van der Waals surface area contributed by atoms with E-state index in [1.165, 1.54) is 0 Å². The molecule has 0 saturated carbocycles. The molecule has 0 aliphatic heterocycles. The van der Waals surface area contributed by atoms with Crippen LogP contribution in [0.3, 0.4) is 0 Å². The Morgan fingerprint density at radius 1 is 1.24 bits per heavy atom. The molecule has 114 valence electrons. The zero-order valence-electron chi connectivity index (χ0n) is 13.0. The summed E-state index contributed by atoms with van der Waals surface area (Å²) >= 11 is 7.91. The molecule has 0 unspecified atom stereocenters. The molecular weight excluding hydrogens is 302 g/mol. The fourth-order valence-corrected chi connectivity index (χ4v) is 3.26. The normalized spacial score (nSPS) is 11.9. The molecule has 1 heterocycles. The van der Waals surface area contributed by atoms with E-state index in [1.54, 1.807) is 11.3 Å². The maximum Gasteiger partial charge on any atom is 0.149 e. The van der Waals surface area contributed by atoms with Crippen molar-refractivity contribution in [2.24, 2.45) is 0 Å². The van der Waals surface area contributed by atoms with E-state index in [0.29, 0.717) is 0 Å². The minimum Gasteiger partial charge on any atom is -0.312 e. The van der Waals surface area contributed by atoms with E-state index >= 15 is 0 Å². The van der Waals surface area contributed by atoms with Gasteiger partial charge in [-0.05, 0) is 52.3 Å². The molecule has 1 aromatic carbocycles. The molecule has 0 saturated heterocycles. The first-order valence-corrected chi connectivity index (χ1v) is 8.38. The van der Waals surface area contributed by atoms with Crippen LogP contribution in [0.1, 0.15) is 37.8 Å². The van der Waals surface area contributed by atoms with Gasteiger partial charge >= 0.3 is 0 Å². The summed E-state index contributed by atoms with van der Waals surface area (Å²) in [5.74, 6) is 0. The number of hydrogen-bond donors (Lipinski definition) is 1. The molecule has 0 bridgehead atoms. The summed E-state index contributed by atoms with van der Waals surface area (Å²) in [5, 5.41) is 14.7. The van der Waals surface area contributed by atoms with E-state index in [-0.39, 0.29) is 5.54 Å². The molecule has 0 aliphatic carbocycles. The summed E-state index contributed by atoms with van der Waals surface area (Å²) in [6.07, 6.45) is 2.01. The second-order valence-electron chi connectivity index (χ2n) is 6.26. The summed E-state index contributed by atoms with van der Waals surface area (Å²) in [5.41, 5.74) is 2.29. The standard InChI is InChI=1S/C16H22ClN3S/c1-11-7-8-12(13(17)10-11)15-20-19-14(21-15)6-5-9-18-16(2,3)4/h7-8,10,18H,5-6,9H2,1-4H3. The zero-order chi connectivity index (χ0) is 15.5.